The second kappa shape index (κ2) is 5.16. The first-order valence-electron chi connectivity index (χ1n) is 4.75. The molecule has 0 atom stereocenters. The molecule has 0 unspecified atom stereocenters. The van der Waals surface area contributed by atoms with Crippen molar-refractivity contribution in [3.05, 3.63) is 29.3 Å². The third-order valence-corrected chi connectivity index (χ3v) is 2.13. The van der Waals surface area contributed by atoms with Gasteiger partial charge in [-0.15, -0.1) is 0 Å². The van der Waals surface area contributed by atoms with E-state index in [1.807, 2.05) is 0 Å². The topological polar surface area (TPSA) is 81.4 Å². The molecule has 1 aromatic carbocycles. The number of nitrogen functional groups attached to an aromatic ring is 1. The lowest BCUT2D eigenvalue weighted by Gasteiger charge is -2.07. The van der Waals surface area contributed by atoms with Gasteiger partial charge in [-0.3, -0.25) is 9.59 Å². The van der Waals surface area contributed by atoms with Gasteiger partial charge in [-0.2, -0.15) is 0 Å². The second-order valence-electron chi connectivity index (χ2n) is 3.33. The molecule has 16 heavy (non-hydrogen) atoms. The van der Waals surface area contributed by atoms with Gasteiger partial charge in [0.15, 0.2) is 0 Å². The molecule has 5 heteroatoms. The molecule has 0 aliphatic heterocycles. The van der Waals surface area contributed by atoms with Crippen molar-refractivity contribution in [3.63, 3.8) is 0 Å². The summed E-state index contributed by atoms with van der Waals surface area (Å²) in [4.78, 5) is 22.5. The number of nitrogens with one attached hydrogen (secondary N) is 1. The molecule has 0 saturated carbocycles. The number of carbonyl (C=O) groups excluding carboxylic acids is 2. The fraction of sp³-hybridized carbons (Fsp3) is 0.273. The Morgan fingerprint density at radius 1 is 1.44 bits per heavy atom. The maximum absolute atomic E-state index is 11.7. The lowest BCUT2D eigenvalue weighted by atomic mass is 10.1. The van der Waals surface area contributed by atoms with E-state index in [2.05, 4.69) is 10.1 Å². The van der Waals surface area contributed by atoms with Crippen LogP contribution in [0.4, 0.5) is 5.69 Å². The highest BCUT2D eigenvalue weighted by molar-refractivity contribution is 5.97. The normalized spacial score (nSPS) is 9.62. The zero-order valence-electron chi connectivity index (χ0n) is 9.24. The summed E-state index contributed by atoms with van der Waals surface area (Å²) in [5.41, 5.74) is 7.35. The van der Waals surface area contributed by atoms with Crippen molar-refractivity contribution < 1.29 is 14.3 Å². The summed E-state index contributed by atoms with van der Waals surface area (Å²) in [5.74, 6) is -0.829. The predicted molar refractivity (Wildman–Crippen MR) is 59.9 cm³/mol. The summed E-state index contributed by atoms with van der Waals surface area (Å²) >= 11 is 0. The Labute approximate surface area is 93.6 Å². The van der Waals surface area contributed by atoms with Gasteiger partial charge in [-0.05, 0) is 24.6 Å². The molecule has 0 radical (unpaired) electrons. The molecule has 3 N–H and O–H groups in total. The summed E-state index contributed by atoms with van der Waals surface area (Å²) in [7, 11) is 1.26. The molecule has 5 nitrogen and oxygen atoms in total. The molecule has 0 aliphatic carbocycles. The molecule has 1 amide bonds. The number of benzene rings is 1. The summed E-state index contributed by atoms with van der Waals surface area (Å²) in [5, 5.41) is 2.45. The van der Waals surface area contributed by atoms with Crippen LogP contribution in [0.5, 0.6) is 0 Å². The van der Waals surface area contributed by atoms with E-state index in [4.69, 9.17) is 5.73 Å². The quantitative estimate of drug-likeness (QED) is 0.575. The molecule has 1 rings (SSSR count). The maximum atomic E-state index is 11.7. The van der Waals surface area contributed by atoms with Crippen LogP contribution in [-0.2, 0) is 9.53 Å². The Balaban J connectivity index is 2.73. The Morgan fingerprint density at radius 2 is 2.12 bits per heavy atom. The maximum Gasteiger partial charge on any atom is 0.325 e. The summed E-state index contributed by atoms with van der Waals surface area (Å²) in [6, 6.07) is 5.04. The van der Waals surface area contributed by atoms with Gasteiger partial charge < -0.3 is 15.8 Å². The zero-order chi connectivity index (χ0) is 12.1. The van der Waals surface area contributed by atoms with Crippen LogP contribution < -0.4 is 11.1 Å². The van der Waals surface area contributed by atoms with Gasteiger partial charge >= 0.3 is 5.97 Å². The number of hydrogen-bond acceptors (Lipinski definition) is 4. The molecule has 0 aliphatic rings. The Hall–Kier alpha value is -2.04. The Morgan fingerprint density at radius 3 is 2.75 bits per heavy atom. The fourth-order valence-corrected chi connectivity index (χ4v) is 1.20. The van der Waals surface area contributed by atoms with E-state index in [1.165, 1.54) is 7.11 Å². The highest BCUT2D eigenvalue weighted by atomic mass is 16.5. The van der Waals surface area contributed by atoms with Gasteiger partial charge in [0.25, 0.3) is 5.91 Å². The van der Waals surface area contributed by atoms with Crippen LogP contribution >= 0.6 is 0 Å². The number of rotatable bonds is 3. The first-order valence-corrected chi connectivity index (χ1v) is 4.75. The number of aryl methyl sites for hydroxylation is 1. The number of anilines is 1. The number of ether oxygens (including phenoxy) is 1. The van der Waals surface area contributed by atoms with Crippen LogP contribution in [0.15, 0.2) is 18.2 Å². The number of amides is 1. The molecule has 0 fully saturated rings. The Kier molecular flexibility index (Phi) is 3.88. The number of methoxy groups -OCH3 is 1. The molecule has 0 aromatic heterocycles. The lowest BCUT2D eigenvalue weighted by molar-refractivity contribution is -0.139. The first-order chi connectivity index (χ1) is 7.54. The minimum atomic E-state index is -0.491. The standard InChI is InChI=1S/C11H14N2O3/c1-7-3-4-8(12)5-9(7)11(15)13-6-10(14)16-2/h3-5H,6,12H2,1-2H3,(H,13,15). The fourth-order valence-electron chi connectivity index (χ4n) is 1.20. The van der Waals surface area contributed by atoms with Crippen molar-refractivity contribution in [2.24, 2.45) is 0 Å². The van der Waals surface area contributed by atoms with E-state index in [0.717, 1.165) is 5.56 Å². The van der Waals surface area contributed by atoms with E-state index in [1.54, 1.807) is 25.1 Å². The number of carbonyl (C=O) groups is 2. The van der Waals surface area contributed by atoms with Crippen LogP contribution in [0.1, 0.15) is 15.9 Å². The molecular formula is C11H14N2O3. The van der Waals surface area contributed by atoms with Gasteiger partial charge in [-0.1, -0.05) is 6.07 Å². The molecule has 0 heterocycles. The van der Waals surface area contributed by atoms with Crippen molar-refractivity contribution in [3.8, 4) is 0 Å². The number of nitrogens with two attached hydrogens (primary N) is 1. The molecule has 0 bridgehead atoms. The SMILES string of the molecule is COC(=O)CNC(=O)c1cc(N)ccc1C. The van der Waals surface area contributed by atoms with Crippen LogP contribution in [0.25, 0.3) is 0 Å². The number of hydrogen-bond donors (Lipinski definition) is 2. The average Bonchev–Trinajstić information content (AvgIpc) is 2.28. The lowest BCUT2D eigenvalue weighted by Crippen LogP contribution is -2.30. The van der Waals surface area contributed by atoms with Gasteiger partial charge in [-0.25, -0.2) is 0 Å². The highest BCUT2D eigenvalue weighted by Gasteiger charge is 2.10. The van der Waals surface area contributed by atoms with Crippen LogP contribution in [-0.4, -0.2) is 25.5 Å². The van der Waals surface area contributed by atoms with Gasteiger partial charge in [0, 0.05) is 11.3 Å². The highest BCUT2D eigenvalue weighted by Crippen LogP contribution is 2.12. The zero-order valence-corrected chi connectivity index (χ0v) is 9.24. The first kappa shape index (κ1) is 12.0. The van der Waals surface area contributed by atoms with Crippen LogP contribution in [0.3, 0.4) is 0 Å². The summed E-state index contributed by atoms with van der Waals surface area (Å²) in [6.07, 6.45) is 0. The van der Waals surface area contributed by atoms with E-state index in [0.29, 0.717) is 11.3 Å². The predicted octanol–water partition coefficient (Wildman–Crippen LogP) is 0.480. The van der Waals surface area contributed by atoms with Crippen molar-refractivity contribution in [2.45, 2.75) is 6.92 Å². The number of esters is 1. The molecule has 0 saturated heterocycles. The smallest absolute Gasteiger partial charge is 0.325 e. The average molecular weight is 222 g/mol. The van der Waals surface area contributed by atoms with Crippen molar-refractivity contribution >= 4 is 17.6 Å². The molecule has 0 spiro atoms. The van der Waals surface area contributed by atoms with Crippen LogP contribution in [0, 0.1) is 6.92 Å². The summed E-state index contributed by atoms with van der Waals surface area (Å²) in [6.45, 7) is 1.65. The van der Waals surface area contributed by atoms with E-state index < -0.39 is 5.97 Å². The van der Waals surface area contributed by atoms with E-state index in [9.17, 15) is 9.59 Å². The molecule has 86 valence electrons. The third-order valence-electron chi connectivity index (χ3n) is 2.13. The molecule has 1 aromatic rings. The monoisotopic (exact) mass is 222 g/mol. The third kappa shape index (κ3) is 2.98. The van der Waals surface area contributed by atoms with Crippen molar-refractivity contribution in [2.75, 3.05) is 19.4 Å². The Bertz CT molecular complexity index is 416. The van der Waals surface area contributed by atoms with Gasteiger partial charge in [0.05, 0.1) is 7.11 Å². The van der Waals surface area contributed by atoms with Crippen LogP contribution in [0.2, 0.25) is 0 Å². The minimum absolute atomic E-state index is 0.149. The largest absolute Gasteiger partial charge is 0.468 e. The van der Waals surface area contributed by atoms with Crippen molar-refractivity contribution in [1.82, 2.24) is 5.32 Å². The summed E-state index contributed by atoms with van der Waals surface area (Å²) < 4.78 is 4.41. The molecular weight excluding hydrogens is 208 g/mol. The van der Waals surface area contributed by atoms with Gasteiger partial charge in [0.2, 0.25) is 0 Å². The second-order valence-corrected chi connectivity index (χ2v) is 3.33. The van der Waals surface area contributed by atoms with E-state index in [-0.39, 0.29) is 12.5 Å². The van der Waals surface area contributed by atoms with E-state index >= 15 is 0 Å². The minimum Gasteiger partial charge on any atom is -0.468 e. The van der Waals surface area contributed by atoms with Crippen molar-refractivity contribution in [1.29, 1.82) is 0 Å². The van der Waals surface area contributed by atoms with Gasteiger partial charge in [0.1, 0.15) is 6.54 Å².